The molecule has 2 heterocycles. The van der Waals surface area contributed by atoms with Gasteiger partial charge in [-0.1, -0.05) is 30.4 Å². The fourth-order valence-electron chi connectivity index (χ4n) is 2.78. The zero-order chi connectivity index (χ0) is 17.8. The molecule has 0 spiro atoms. The van der Waals surface area contributed by atoms with Crippen LogP contribution in [0.4, 0.5) is 0 Å². The summed E-state index contributed by atoms with van der Waals surface area (Å²) in [5.41, 5.74) is 1.60. The maximum Gasteiger partial charge on any atom is 0.294 e. The molecule has 0 saturated carbocycles. The third-order valence-electron chi connectivity index (χ3n) is 4.05. The monoisotopic (exact) mass is 339 g/mol. The maximum atomic E-state index is 12.9. The number of allylic oxidation sites excluding steroid dienone is 1. The van der Waals surface area contributed by atoms with E-state index in [4.69, 9.17) is 0 Å². The summed E-state index contributed by atoms with van der Waals surface area (Å²) in [7, 11) is 0. The van der Waals surface area contributed by atoms with E-state index in [1.165, 1.54) is 14.8 Å². The Morgan fingerprint density at radius 3 is 2.56 bits per heavy atom. The average molecular weight is 339 g/mol. The van der Waals surface area contributed by atoms with Crippen LogP contribution in [0.1, 0.15) is 35.9 Å². The first-order chi connectivity index (χ1) is 12.1. The van der Waals surface area contributed by atoms with E-state index in [0.717, 1.165) is 12.1 Å². The van der Waals surface area contributed by atoms with Gasteiger partial charge in [-0.25, -0.2) is 5.01 Å². The fraction of sp³-hybridized carbons (Fsp3) is 0.333. The van der Waals surface area contributed by atoms with Gasteiger partial charge in [-0.05, 0) is 32.4 Å². The molecule has 1 fully saturated rings. The van der Waals surface area contributed by atoms with Crippen LogP contribution in [0.2, 0.25) is 0 Å². The zero-order valence-electron chi connectivity index (χ0n) is 14.4. The van der Waals surface area contributed by atoms with E-state index in [0.29, 0.717) is 18.8 Å². The molecule has 7 nitrogen and oxygen atoms in total. The van der Waals surface area contributed by atoms with Crippen LogP contribution in [0, 0.1) is 6.92 Å². The van der Waals surface area contributed by atoms with Crippen LogP contribution in [-0.4, -0.2) is 49.9 Å². The summed E-state index contributed by atoms with van der Waals surface area (Å²) in [4.78, 5) is 26.6. The van der Waals surface area contributed by atoms with E-state index in [-0.39, 0.29) is 23.9 Å². The first kappa shape index (κ1) is 16.9. The molecular formula is C18H21N5O2. The molecule has 0 radical (unpaired) electrons. The molecule has 1 saturated heterocycles. The molecule has 3 rings (SSSR count). The van der Waals surface area contributed by atoms with Crippen LogP contribution >= 0.6 is 0 Å². The number of rotatable bonds is 4. The highest BCUT2D eigenvalue weighted by molar-refractivity contribution is 5.95. The highest BCUT2D eigenvalue weighted by atomic mass is 16.2. The second-order valence-electron chi connectivity index (χ2n) is 5.83. The van der Waals surface area contributed by atoms with Crippen molar-refractivity contribution in [2.24, 2.45) is 0 Å². The van der Waals surface area contributed by atoms with Crippen molar-refractivity contribution < 1.29 is 9.59 Å². The number of carbonyl (C=O) groups is 2. The first-order valence-electron chi connectivity index (χ1n) is 8.34. The lowest BCUT2D eigenvalue weighted by Gasteiger charge is -2.27. The molecule has 0 aliphatic carbocycles. The second-order valence-corrected chi connectivity index (χ2v) is 5.83. The van der Waals surface area contributed by atoms with E-state index in [9.17, 15) is 9.59 Å². The number of benzene rings is 1. The van der Waals surface area contributed by atoms with Crippen molar-refractivity contribution in [1.82, 2.24) is 25.0 Å². The predicted molar refractivity (Wildman–Crippen MR) is 92.9 cm³/mol. The lowest BCUT2D eigenvalue weighted by atomic mass is 10.3. The first-order valence-corrected chi connectivity index (χ1v) is 8.34. The van der Waals surface area contributed by atoms with Crippen molar-refractivity contribution in [3.05, 3.63) is 53.9 Å². The van der Waals surface area contributed by atoms with E-state index < -0.39 is 0 Å². The number of aryl methyl sites for hydroxylation is 1. The zero-order valence-corrected chi connectivity index (χ0v) is 14.4. The van der Waals surface area contributed by atoms with Crippen LogP contribution in [0.5, 0.6) is 0 Å². The highest BCUT2D eigenvalue weighted by Crippen LogP contribution is 2.17. The molecule has 1 aliphatic heterocycles. The Hall–Kier alpha value is -2.96. The van der Waals surface area contributed by atoms with Gasteiger partial charge < -0.3 is 0 Å². The van der Waals surface area contributed by atoms with Gasteiger partial charge in [0.25, 0.3) is 5.91 Å². The standard InChI is InChI=1S/C18H21N5O2/c1-3-4-11-16(24)21-12-8-13-22(21)18(25)17-14(2)19-23(20-17)15-9-6-5-7-10-15/h3-7,9-10H,8,11-13H2,1-2H3. The van der Waals surface area contributed by atoms with Crippen molar-refractivity contribution >= 4 is 11.8 Å². The maximum absolute atomic E-state index is 12.9. The largest absolute Gasteiger partial charge is 0.294 e. The lowest BCUT2D eigenvalue weighted by molar-refractivity contribution is -0.139. The highest BCUT2D eigenvalue weighted by Gasteiger charge is 2.33. The van der Waals surface area contributed by atoms with Crippen LogP contribution in [0.3, 0.4) is 0 Å². The van der Waals surface area contributed by atoms with E-state index in [1.807, 2.05) is 43.3 Å². The average Bonchev–Trinajstić information content (AvgIpc) is 3.27. The molecule has 130 valence electrons. The van der Waals surface area contributed by atoms with Gasteiger partial charge in [0.2, 0.25) is 5.91 Å². The minimum absolute atomic E-state index is 0.0861. The lowest BCUT2D eigenvalue weighted by Crippen LogP contribution is -2.45. The number of amides is 2. The van der Waals surface area contributed by atoms with E-state index in [1.54, 1.807) is 13.0 Å². The Morgan fingerprint density at radius 1 is 1.12 bits per heavy atom. The third-order valence-corrected chi connectivity index (χ3v) is 4.05. The number of hydrogen-bond acceptors (Lipinski definition) is 4. The summed E-state index contributed by atoms with van der Waals surface area (Å²) in [5.74, 6) is -0.372. The van der Waals surface area contributed by atoms with Gasteiger partial charge in [0.15, 0.2) is 5.69 Å². The number of hydrogen-bond donors (Lipinski definition) is 0. The van der Waals surface area contributed by atoms with Crippen molar-refractivity contribution in [3.63, 3.8) is 0 Å². The Labute approximate surface area is 146 Å². The van der Waals surface area contributed by atoms with Gasteiger partial charge in [0.05, 0.1) is 11.4 Å². The second kappa shape index (κ2) is 7.29. The summed E-state index contributed by atoms with van der Waals surface area (Å²) in [6, 6.07) is 9.42. The molecule has 0 N–H and O–H groups in total. The topological polar surface area (TPSA) is 71.3 Å². The third kappa shape index (κ3) is 3.45. The molecule has 1 aromatic heterocycles. The molecular weight excluding hydrogens is 318 g/mol. The number of carbonyl (C=O) groups excluding carboxylic acids is 2. The predicted octanol–water partition coefficient (Wildman–Crippen LogP) is 2.13. The van der Waals surface area contributed by atoms with E-state index in [2.05, 4.69) is 10.2 Å². The smallest absolute Gasteiger partial charge is 0.273 e. The van der Waals surface area contributed by atoms with Gasteiger partial charge in [-0.2, -0.15) is 9.90 Å². The van der Waals surface area contributed by atoms with Gasteiger partial charge in [0, 0.05) is 19.5 Å². The Kier molecular flexibility index (Phi) is 4.92. The number of para-hydroxylation sites is 1. The Bertz CT molecular complexity index is 797. The summed E-state index contributed by atoms with van der Waals surface area (Å²) in [6.45, 7) is 4.68. The van der Waals surface area contributed by atoms with Gasteiger partial charge >= 0.3 is 0 Å². The summed E-state index contributed by atoms with van der Waals surface area (Å²) < 4.78 is 0. The van der Waals surface area contributed by atoms with Gasteiger partial charge in [0.1, 0.15) is 0 Å². The molecule has 0 unspecified atom stereocenters. The fourth-order valence-corrected chi connectivity index (χ4v) is 2.78. The Morgan fingerprint density at radius 2 is 1.84 bits per heavy atom. The summed E-state index contributed by atoms with van der Waals surface area (Å²) in [6.07, 6.45) is 4.67. The van der Waals surface area contributed by atoms with Crippen LogP contribution in [0.25, 0.3) is 5.69 Å². The number of aromatic nitrogens is 3. The minimum atomic E-state index is -0.286. The van der Waals surface area contributed by atoms with Crippen molar-refractivity contribution in [1.29, 1.82) is 0 Å². The molecule has 0 atom stereocenters. The Balaban J connectivity index is 1.83. The van der Waals surface area contributed by atoms with Crippen molar-refractivity contribution in [2.45, 2.75) is 26.7 Å². The van der Waals surface area contributed by atoms with Crippen molar-refractivity contribution in [3.8, 4) is 5.69 Å². The minimum Gasteiger partial charge on any atom is -0.273 e. The molecule has 7 heteroatoms. The molecule has 2 amide bonds. The quantitative estimate of drug-likeness (QED) is 0.800. The number of hydrazine groups is 1. The van der Waals surface area contributed by atoms with Crippen LogP contribution < -0.4 is 0 Å². The summed E-state index contributed by atoms with van der Waals surface area (Å²) >= 11 is 0. The molecule has 1 aromatic carbocycles. The summed E-state index contributed by atoms with van der Waals surface area (Å²) in [5, 5.41) is 11.7. The van der Waals surface area contributed by atoms with Crippen LogP contribution in [-0.2, 0) is 4.79 Å². The SMILES string of the molecule is CC=CCC(=O)N1CCCN1C(=O)c1nn(-c2ccccc2)nc1C. The number of nitrogens with zero attached hydrogens (tertiary/aromatic N) is 5. The molecule has 25 heavy (non-hydrogen) atoms. The molecule has 2 aromatic rings. The van der Waals surface area contributed by atoms with Gasteiger partial charge in [-0.15, -0.1) is 5.10 Å². The molecule has 1 aliphatic rings. The van der Waals surface area contributed by atoms with Gasteiger partial charge in [-0.3, -0.25) is 14.6 Å². The molecule has 0 bridgehead atoms. The van der Waals surface area contributed by atoms with E-state index >= 15 is 0 Å². The van der Waals surface area contributed by atoms with Crippen molar-refractivity contribution in [2.75, 3.05) is 13.1 Å². The normalized spacial score (nSPS) is 14.5. The van der Waals surface area contributed by atoms with Crippen LogP contribution in [0.15, 0.2) is 42.5 Å².